The molecule has 1 amide bonds. The summed E-state index contributed by atoms with van der Waals surface area (Å²) in [5.41, 5.74) is 0.595. The van der Waals surface area contributed by atoms with Crippen LogP contribution in [0.2, 0.25) is 0 Å². The number of aromatic nitrogens is 2. The van der Waals surface area contributed by atoms with Crippen LogP contribution in [0.3, 0.4) is 0 Å². The highest BCUT2D eigenvalue weighted by molar-refractivity contribution is 5.78. The number of amides is 1. The monoisotopic (exact) mass is 313 g/mol. The van der Waals surface area contributed by atoms with Crippen molar-refractivity contribution >= 4 is 16.8 Å². The number of benzene rings is 1. The molecule has 1 N–H and O–H groups in total. The molecule has 0 atom stereocenters. The van der Waals surface area contributed by atoms with Gasteiger partial charge in [0.15, 0.2) is 0 Å². The number of carbonyl (C=O) groups is 1. The fourth-order valence-electron chi connectivity index (χ4n) is 3.06. The molecule has 0 spiro atoms. The molecule has 1 aromatic carbocycles. The Labute approximate surface area is 135 Å². The van der Waals surface area contributed by atoms with E-state index in [2.05, 4.69) is 23.8 Å². The largest absolute Gasteiger partial charge is 0.337 e. The number of aryl methyl sites for hydroxylation is 1. The SMILES string of the molecule is CC(C)N(C(=O)CCCc1nc2ccccc2c(=O)[nH]1)C1CC1. The van der Waals surface area contributed by atoms with Gasteiger partial charge in [-0.3, -0.25) is 9.59 Å². The third-order valence-electron chi connectivity index (χ3n) is 4.25. The van der Waals surface area contributed by atoms with E-state index < -0.39 is 0 Å². The fourth-order valence-corrected chi connectivity index (χ4v) is 3.06. The molecule has 1 aromatic heterocycles. The van der Waals surface area contributed by atoms with E-state index >= 15 is 0 Å². The highest BCUT2D eigenvalue weighted by Crippen LogP contribution is 2.29. The number of para-hydroxylation sites is 1. The normalized spacial score (nSPS) is 14.4. The van der Waals surface area contributed by atoms with E-state index in [-0.39, 0.29) is 17.5 Å². The molecule has 0 aliphatic heterocycles. The lowest BCUT2D eigenvalue weighted by molar-refractivity contribution is -0.133. The minimum Gasteiger partial charge on any atom is -0.337 e. The van der Waals surface area contributed by atoms with E-state index in [1.165, 1.54) is 0 Å². The van der Waals surface area contributed by atoms with Gasteiger partial charge in [-0.15, -0.1) is 0 Å². The van der Waals surface area contributed by atoms with Crippen molar-refractivity contribution < 1.29 is 4.79 Å². The van der Waals surface area contributed by atoms with Gasteiger partial charge < -0.3 is 9.88 Å². The average molecular weight is 313 g/mol. The molecule has 0 saturated heterocycles. The predicted molar refractivity (Wildman–Crippen MR) is 90.3 cm³/mol. The van der Waals surface area contributed by atoms with E-state index in [0.29, 0.717) is 42.0 Å². The van der Waals surface area contributed by atoms with Crippen molar-refractivity contribution in [2.24, 2.45) is 0 Å². The van der Waals surface area contributed by atoms with Gasteiger partial charge in [0.05, 0.1) is 10.9 Å². The van der Waals surface area contributed by atoms with Gasteiger partial charge in [-0.25, -0.2) is 4.98 Å². The zero-order valence-electron chi connectivity index (χ0n) is 13.7. The van der Waals surface area contributed by atoms with Crippen molar-refractivity contribution in [3.05, 3.63) is 40.4 Å². The Bertz CT molecular complexity index is 760. The summed E-state index contributed by atoms with van der Waals surface area (Å²) in [7, 11) is 0. The molecular weight excluding hydrogens is 290 g/mol. The maximum atomic E-state index is 12.4. The van der Waals surface area contributed by atoms with E-state index in [0.717, 1.165) is 12.8 Å². The number of hydrogen-bond donors (Lipinski definition) is 1. The molecule has 23 heavy (non-hydrogen) atoms. The third kappa shape index (κ3) is 3.60. The van der Waals surface area contributed by atoms with Crippen LogP contribution in [0.1, 0.15) is 45.4 Å². The van der Waals surface area contributed by atoms with E-state index in [4.69, 9.17) is 0 Å². The Kier molecular flexibility index (Phi) is 4.46. The molecule has 0 unspecified atom stereocenters. The summed E-state index contributed by atoms with van der Waals surface area (Å²) in [6, 6.07) is 8.01. The first-order valence-electron chi connectivity index (χ1n) is 8.35. The molecule has 0 radical (unpaired) electrons. The number of carbonyl (C=O) groups excluding carboxylic acids is 1. The van der Waals surface area contributed by atoms with Crippen LogP contribution >= 0.6 is 0 Å². The lowest BCUT2D eigenvalue weighted by atomic mass is 10.1. The first kappa shape index (κ1) is 15.7. The van der Waals surface area contributed by atoms with Gasteiger partial charge in [0.25, 0.3) is 5.56 Å². The van der Waals surface area contributed by atoms with Crippen LogP contribution in [-0.2, 0) is 11.2 Å². The second-order valence-corrected chi connectivity index (χ2v) is 6.51. The van der Waals surface area contributed by atoms with Crippen molar-refractivity contribution in [3.63, 3.8) is 0 Å². The first-order valence-corrected chi connectivity index (χ1v) is 8.35. The van der Waals surface area contributed by atoms with Crippen LogP contribution in [-0.4, -0.2) is 32.9 Å². The summed E-state index contributed by atoms with van der Waals surface area (Å²) in [6.07, 6.45) is 4.08. The van der Waals surface area contributed by atoms with Gasteiger partial charge in [-0.1, -0.05) is 12.1 Å². The van der Waals surface area contributed by atoms with E-state index in [1.54, 1.807) is 6.07 Å². The molecule has 2 aromatic rings. The Morgan fingerprint density at radius 2 is 2.09 bits per heavy atom. The zero-order chi connectivity index (χ0) is 16.4. The smallest absolute Gasteiger partial charge is 0.258 e. The van der Waals surface area contributed by atoms with Gasteiger partial charge in [-0.05, 0) is 45.2 Å². The fraction of sp³-hybridized carbons (Fsp3) is 0.500. The van der Waals surface area contributed by atoms with Crippen LogP contribution in [0.15, 0.2) is 29.1 Å². The number of rotatable bonds is 6. The molecule has 0 bridgehead atoms. The molecule has 1 heterocycles. The molecule has 5 nitrogen and oxygen atoms in total. The molecule has 5 heteroatoms. The average Bonchev–Trinajstić information content (AvgIpc) is 3.32. The summed E-state index contributed by atoms with van der Waals surface area (Å²) in [5, 5.41) is 0.604. The Morgan fingerprint density at radius 3 is 2.78 bits per heavy atom. The minimum atomic E-state index is -0.112. The number of nitrogens with zero attached hydrogens (tertiary/aromatic N) is 2. The minimum absolute atomic E-state index is 0.112. The van der Waals surface area contributed by atoms with Gasteiger partial charge in [0, 0.05) is 24.9 Å². The number of hydrogen-bond acceptors (Lipinski definition) is 3. The van der Waals surface area contributed by atoms with Crippen molar-refractivity contribution in [2.45, 2.75) is 58.0 Å². The van der Waals surface area contributed by atoms with E-state index in [9.17, 15) is 9.59 Å². The topological polar surface area (TPSA) is 66.1 Å². The Morgan fingerprint density at radius 1 is 1.35 bits per heavy atom. The standard InChI is InChI=1S/C18H23N3O2/c1-12(2)21(13-10-11-13)17(22)9-5-8-16-19-15-7-4-3-6-14(15)18(23)20-16/h3-4,6-7,12-13H,5,8-11H2,1-2H3,(H,19,20,23). The van der Waals surface area contributed by atoms with Gasteiger partial charge >= 0.3 is 0 Å². The summed E-state index contributed by atoms with van der Waals surface area (Å²) in [5.74, 6) is 0.870. The first-order chi connectivity index (χ1) is 11.1. The lowest BCUT2D eigenvalue weighted by Gasteiger charge is -2.26. The lowest BCUT2D eigenvalue weighted by Crippen LogP contribution is -2.38. The Balaban J connectivity index is 1.62. The molecule has 1 saturated carbocycles. The van der Waals surface area contributed by atoms with Crippen molar-refractivity contribution in [3.8, 4) is 0 Å². The maximum absolute atomic E-state index is 12.4. The van der Waals surface area contributed by atoms with Crippen LogP contribution in [0.5, 0.6) is 0 Å². The quantitative estimate of drug-likeness (QED) is 0.891. The second-order valence-electron chi connectivity index (χ2n) is 6.51. The van der Waals surface area contributed by atoms with Gasteiger partial charge in [0.1, 0.15) is 5.82 Å². The number of aromatic amines is 1. The maximum Gasteiger partial charge on any atom is 0.258 e. The molecule has 122 valence electrons. The molecular formula is C18H23N3O2. The summed E-state index contributed by atoms with van der Waals surface area (Å²) in [4.78, 5) is 33.7. The molecule has 1 fully saturated rings. The third-order valence-corrected chi connectivity index (χ3v) is 4.25. The zero-order valence-corrected chi connectivity index (χ0v) is 13.7. The molecule has 3 rings (SSSR count). The number of H-pyrrole nitrogens is 1. The molecule has 1 aliphatic rings. The highest BCUT2D eigenvalue weighted by atomic mass is 16.2. The summed E-state index contributed by atoms with van der Waals surface area (Å²) in [6.45, 7) is 4.14. The van der Waals surface area contributed by atoms with Crippen LogP contribution in [0.25, 0.3) is 10.9 Å². The van der Waals surface area contributed by atoms with E-state index in [1.807, 2.05) is 23.1 Å². The van der Waals surface area contributed by atoms with Crippen molar-refractivity contribution in [2.75, 3.05) is 0 Å². The number of fused-ring (bicyclic) bond motifs is 1. The predicted octanol–water partition coefficient (Wildman–Crippen LogP) is 2.65. The highest BCUT2D eigenvalue weighted by Gasteiger charge is 2.33. The second kappa shape index (κ2) is 6.52. The summed E-state index contributed by atoms with van der Waals surface area (Å²) >= 11 is 0. The van der Waals surface area contributed by atoms with Crippen LogP contribution in [0, 0.1) is 0 Å². The number of nitrogens with one attached hydrogen (secondary N) is 1. The van der Waals surface area contributed by atoms with Gasteiger partial charge in [0.2, 0.25) is 5.91 Å². The van der Waals surface area contributed by atoms with Crippen LogP contribution in [0.4, 0.5) is 0 Å². The van der Waals surface area contributed by atoms with Crippen molar-refractivity contribution in [1.82, 2.24) is 14.9 Å². The van der Waals surface area contributed by atoms with Crippen LogP contribution < -0.4 is 5.56 Å². The van der Waals surface area contributed by atoms with Crippen molar-refractivity contribution in [1.29, 1.82) is 0 Å². The summed E-state index contributed by atoms with van der Waals surface area (Å²) < 4.78 is 0. The van der Waals surface area contributed by atoms with Gasteiger partial charge in [-0.2, -0.15) is 0 Å². The Hall–Kier alpha value is -2.17. The molecule has 1 aliphatic carbocycles.